The zero-order chi connectivity index (χ0) is 16.1. The van der Waals surface area contributed by atoms with Crippen LogP contribution in [0.4, 0.5) is 21.9 Å². The van der Waals surface area contributed by atoms with Crippen LogP contribution in [0.3, 0.4) is 0 Å². The molecule has 0 saturated heterocycles. The lowest BCUT2D eigenvalue weighted by molar-refractivity contribution is -0.114. The highest BCUT2D eigenvalue weighted by Gasteiger charge is 2.06. The van der Waals surface area contributed by atoms with Gasteiger partial charge in [0.15, 0.2) is 0 Å². The van der Waals surface area contributed by atoms with Crippen LogP contribution in [0.25, 0.3) is 0 Å². The third kappa shape index (κ3) is 4.34. The molecule has 0 fully saturated rings. The zero-order valence-electron chi connectivity index (χ0n) is 12.9. The zero-order valence-corrected chi connectivity index (χ0v) is 12.9. The highest BCUT2D eigenvalue weighted by atomic mass is 16.2. The van der Waals surface area contributed by atoms with Gasteiger partial charge in [0, 0.05) is 24.0 Å². The van der Waals surface area contributed by atoms with Gasteiger partial charge in [-0.05, 0) is 43.7 Å². The van der Waals surface area contributed by atoms with Crippen LogP contribution < -0.4 is 16.0 Å². The summed E-state index contributed by atoms with van der Waals surface area (Å²) >= 11 is 0. The van der Waals surface area contributed by atoms with Crippen molar-refractivity contribution in [1.29, 1.82) is 0 Å². The molecule has 5 nitrogen and oxygen atoms in total. The van der Waals surface area contributed by atoms with Crippen LogP contribution in [0.1, 0.15) is 18.1 Å². The Bertz CT molecular complexity index is 711. The Morgan fingerprint density at radius 2 is 1.55 bits per heavy atom. The lowest BCUT2D eigenvalue weighted by atomic mass is 10.1. The molecule has 0 unspecified atom stereocenters. The van der Waals surface area contributed by atoms with Gasteiger partial charge in [-0.2, -0.15) is 0 Å². The molecule has 22 heavy (non-hydrogen) atoms. The topological polar surface area (TPSA) is 70.2 Å². The van der Waals surface area contributed by atoms with Crippen molar-refractivity contribution >= 4 is 29.0 Å². The summed E-state index contributed by atoms with van der Waals surface area (Å²) in [7, 11) is 0. The molecule has 3 amide bonds. The lowest BCUT2D eigenvalue weighted by Crippen LogP contribution is -2.20. The van der Waals surface area contributed by atoms with E-state index in [-0.39, 0.29) is 11.9 Å². The fraction of sp³-hybridized carbons (Fsp3) is 0.176. The van der Waals surface area contributed by atoms with Crippen molar-refractivity contribution in [2.24, 2.45) is 0 Å². The minimum absolute atomic E-state index is 0.156. The van der Waals surface area contributed by atoms with Crippen LogP contribution in [-0.4, -0.2) is 11.9 Å². The molecular weight excluding hydrogens is 278 g/mol. The molecule has 0 aliphatic rings. The Morgan fingerprint density at radius 1 is 0.864 bits per heavy atom. The summed E-state index contributed by atoms with van der Waals surface area (Å²) < 4.78 is 0. The predicted octanol–water partition coefficient (Wildman–Crippen LogP) is 3.91. The molecular formula is C17H19N3O2. The van der Waals surface area contributed by atoms with Gasteiger partial charge in [-0.3, -0.25) is 4.79 Å². The van der Waals surface area contributed by atoms with E-state index in [0.29, 0.717) is 11.4 Å². The summed E-state index contributed by atoms with van der Waals surface area (Å²) in [6.45, 7) is 5.39. The highest BCUT2D eigenvalue weighted by molar-refractivity contribution is 6.00. The second-order valence-corrected chi connectivity index (χ2v) is 5.16. The highest BCUT2D eigenvalue weighted by Crippen LogP contribution is 2.18. The fourth-order valence-corrected chi connectivity index (χ4v) is 2.12. The standard InChI is InChI=1S/C17H19N3O2/c1-11-7-8-16(12(2)9-11)20-17(22)19-15-6-4-5-14(10-15)18-13(3)21/h4-10H,1-3H3,(H,18,21)(H2,19,20,22). The summed E-state index contributed by atoms with van der Waals surface area (Å²) in [4.78, 5) is 23.1. The van der Waals surface area contributed by atoms with E-state index in [2.05, 4.69) is 16.0 Å². The van der Waals surface area contributed by atoms with Crippen LogP contribution >= 0.6 is 0 Å². The van der Waals surface area contributed by atoms with E-state index >= 15 is 0 Å². The summed E-state index contributed by atoms with van der Waals surface area (Å²) in [6, 6.07) is 12.5. The van der Waals surface area contributed by atoms with Crippen LogP contribution in [0.2, 0.25) is 0 Å². The number of rotatable bonds is 3. The molecule has 2 aromatic rings. The fourth-order valence-electron chi connectivity index (χ4n) is 2.12. The summed E-state index contributed by atoms with van der Waals surface area (Å²) in [5.41, 5.74) is 4.15. The first-order chi connectivity index (χ1) is 10.4. The predicted molar refractivity (Wildman–Crippen MR) is 89.3 cm³/mol. The largest absolute Gasteiger partial charge is 0.326 e. The van der Waals surface area contributed by atoms with Gasteiger partial charge in [0.25, 0.3) is 0 Å². The lowest BCUT2D eigenvalue weighted by Gasteiger charge is -2.11. The number of urea groups is 1. The molecule has 0 aromatic heterocycles. The minimum Gasteiger partial charge on any atom is -0.326 e. The Hall–Kier alpha value is -2.82. The van der Waals surface area contributed by atoms with E-state index < -0.39 is 0 Å². The molecule has 0 aliphatic heterocycles. The maximum absolute atomic E-state index is 12.0. The minimum atomic E-state index is -0.327. The number of amides is 3. The number of benzene rings is 2. The number of aryl methyl sites for hydroxylation is 2. The molecule has 5 heteroatoms. The Kier molecular flexibility index (Phi) is 4.78. The van der Waals surface area contributed by atoms with Crippen molar-refractivity contribution in [3.8, 4) is 0 Å². The van der Waals surface area contributed by atoms with E-state index in [0.717, 1.165) is 16.8 Å². The van der Waals surface area contributed by atoms with Gasteiger partial charge in [0.1, 0.15) is 0 Å². The SMILES string of the molecule is CC(=O)Nc1cccc(NC(=O)Nc2ccc(C)cc2C)c1. The Balaban J connectivity index is 2.04. The number of anilines is 3. The second kappa shape index (κ2) is 6.76. The van der Waals surface area contributed by atoms with E-state index in [1.165, 1.54) is 6.92 Å². The quantitative estimate of drug-likeness (QED) is 0.804. The molecule has 0 spiro atoms. The molecule has 0 bridgehead atoms. The number of hydrogen-bond donors (Lipinski definition) is 3. The molecule has 0 atom stereocenters. The van der Waals surface area contributed by atoms with Crippen molar-refractivity contribution in [3.63, 3.8) is 0 Å². The third-order valence-corrected chi connectivity index (χ3v) is 3.07. The maximum atomic E-state index is 12.0. The van der Waals surface area contributed by atoms with E-state index in [1.807, 2.05) is 32.0 Å². The van der Waals surface area contributed by atoms with Crippen LogP contribution in [-0.2, 0) is 4.79 Å². The van der Waals surface area contributed by atoms with E-state index in [1.54, 1.807) is 24.3 Å². The molecule has 2 aromatic carbocycles. The normalized spacial score (nSPS) is 9.95. The summed E-state index contributed by atoms with van der Waals surface area (Å²) in [5.74, 6) is -0.156. The van der Waals surface area contributed by atoms with E-state index in [9.17, 15) is 9.59 Å². The molecule has 0 aliphatic carbocycles. The van der Waals surface area contributed by atoms with Gasteiger partial charge in [-0.25, -0.2) is 4.79 Å². The molecule has 2 rings (SSSR count). The van der Waals surface area contributed by atoms with Crippen LogP contribution in [0.5, 0.6) is 0 Å². The first kappa shape index (κ1) is 15.6. The third-order valence-electron chi connectivity index (χ3n) is 3.07. The Morgan fingerprint density at radius 3 is 2.18 bits per heavy atom. The van der Waals surface area contributed by atoms with Crippen LogP contribution in [0, 0.1) is 13.8 Å². The van der Waals surface area contributed by atoms with Gasteiger partial charge in [0.05, 0.1) is 0 Å². The van der Waals surface area contributed by atoms with Gasteiger partial charge < -0.3 is 16.0 Å². The van der Waals surface area contributed by atoms with Gasteiger partial charge in [0.2, 0.25) is 5.91 Å². The second-order valence-electron chi connectivity index (χ2n) is 5.16. The average Bonchev–Trinajstić information content (AvgIpc) is 2.41. The first-order valence-corrected chi connectivity index (χ1v) is 6.97. The van der Waals surface area contributed by atoms with Crippen molar-refractivity contribution < 1.29 is 9.59 Å². The molecule has 0 saturated carbocycles. The van der Waals surface area contributed by atoms with Crippen molar-refractivity contribution in [3.05, 3.63) is 53.6 Å². The number of hydrogen-bond acceptors (Lipinski definition) is 2. The molecule has 0 heterocycles. The van der Waals surface area contributed by atoms with Crippen molar-refractivity contribution in [1.82, 2.24) is 0 Å². The monoisotopic (exact) mass is 297 g/mol. The molecule has 114 valence electrons. The molecule has 3 N–H and O–H groups in total. The van der Waals surface area contributed by atoms with Crippen LogP contribution in [0.15, 0.2) is 42.5 Å². The average molecular weight is 297 g/mol. The van der Waals surface area contributed by atoms with Crippen molar-refractivity contribution in [2.45, 2.75) is 20.8 Å². The first-order valence-electron chi connectivity index (χ1n) is 6.97. The maximum Gasteiger partial charge on any atom is 0.323 e. The smallest absolute Gasteiger partial charge is 0.323 e. The van der Waals surface area contributed by atoms with Gasteiger partial charge in [-0.15, -0.1) is 0 Å². The van der Waals surface area contributed by atoms with Gasteiger partial charge in [-0.1, -0.05) is 23.8 Å². The number of carbonyl (C=O) groups excluding carboxylic acids is 2. The summed E-state index contributed by atoms with van der Waals surface area (Å²) in [6.07, 6.45) is 0. The summed E-state index contributed by atoms with van der Waals surface area (Å²) in [5, 5.41) is 8.23. The Labute approximate surface area is 129 Å². The molecule has 0 radical (unpaired) electrons. The number of carbonyl (C=O) groups is 2. The number of nitrogens with one attached hydrogen (secondary N) is 3. The van der Waals surface area contributed by atoms with Gasteiger partial charge >= 0.3 is 6.03 Å². The van der Waals surface area contributed by atoms with E-state index in [4.69, 9.17) is 0 Å². The van der Waals surface area contributed by atoms with Crippen molar-refractivity contribution in [2.75, 3.05) is 16.0 Å².